The average molecular weight is 219 g/mol. The molecule has 0 spiro atoms. The molecule has 1 aliphatic rings. The third-order valence-electron chi connectivity index (χ3n) is 1.91. The molecule has 1 heterocycles. The Morgan fingerprint density at radius 1 is 1.73 bits per heavy atom. The highest BCUT2D eigenvalue weighted by atomic mass is 79.9. The van der Waals surface area contributed by atoms with Crippen LogP contribution in [-0.2, 0) is 6.80 Å². The number of halogens is 2. The van der Waals surface area contributed by atoms with Crippen molar-refractivity contribution in [2.45, 2.75) is 25.6 Å². The van der Waals surface area contributed by atoms with Gasteiger partial charge in [0.2, 0.25) is 0 Å². The fourth-order valence-corrected chi connectivity index (χ4v) is 1.85. The van der Waals surface area contributed by atoms with Crippen LogP contribution in [-0.4, -0.2) is 9.78 Å². The summed E-state index contributed by atoms with van der Waals surface area (Å²) >= 11 is 3.35. The molecule has 1 fully saturated rings. The summed E-state index contributed by atoms with van der Waals surface area (Å²) in [4.78, 5) is 0. The topological polar surface area (TPSA) is 17.8 Å². The zero-order valence-electron chi connectivity index (χ0n) is 5.93. The maximum atomic E-state index is 12.3. The Morgan fingerprint density at radius 3 is 3.00 bits per heavy atom. The molecule has 0 bridgehead atoms. The minimum atomic E-state index is -0.516. The molecule has 0 aromatic carbocycles. The highest BCUT2D eigenvalue weighted by molar-refractivity contribution is 9.10. The van der Waals surface area contributed by atoms with Gasteiger partial charge in [0.25, 0.3) is 0 Å². The Kier molecular flexibility index (Phi) is 1.71. The van der Waals surface area contributed by atoms with Gasteiger partial charge in [-0.2, -0.15) is 5.10 Å². The fourth-order valence-electron chi connectivity index (χ4n) is 1.23. The first-order chi connectivity index (χ1) is 5.33. The van der Waals surface area contributed by atoms with E-state index in [0.717, 1.165) is 10.2 Å². The minimum absolute atomic E-state index is 0.516. The Labute approximate surface area is 72.5 Å². The van der Waals surface area contributed by atoms with Crippen LogP contribution in [0.3, 0.4) is 0 Å². The van der Waals surface area contributed by atoms with E-state index < -0.39 is 6.80 Å². The molecule has 1 aliphatic carbocycles. The molecule has 1 aromatic rings. The Bertz CT molecular complexity index is 267. The number of aromatic nitrogens is 2. The summed E-state index contributed by atoms with van der Waals surface area (Å²) in [5.41, 5.74) is 1.02. The van der Waals surface area contributed by atoms with E-state index in [-0.39, 0.29) is 0 Å². The van der Waals surface area contributed by atoms with E-state index in [4.69, 9.17) is 0 Å². The molecule has 0 radical (unpaired) electrons. The zero-order valence-corrected chi connectivity index (χ0v) is 7.51. The van der Waals surface area contributed by atoms with Crippen LogP contribution in [0, 0.1) is 0 Å². The molecule has 1 saturated carbocycles. The van der Waals surface area contributed by atoms with Crippen molar-refractivity contribution in [3.05, 3.63) is 16.4 Å². The molecule has 0 N–H and O–H groups in total. The molecular formula is C7H8BrFN2. The van der Waals surface area contributed by atoms with E-state index >= 15 is 0 Å². The van der Waals surface area contributed by atoms with E-state index in [0.29, 0.717) is 5.92 Å². The summed E-state index contributed by atoms with van der Waals surface area (Å²) in [6, 6.07) is 0. The van der Waals surface area contributed by atoms with E-state index in [9.17, 15) is 4.39 Å². The van der Waals surface area contributed by atoms with E-state index in [1.54, 1.807) is 6.20 Å². The van der Waals surface area contributed by atoms with Gasteiger partial charge in [-0.05, 0) is 28.8 Å². The average Bonchev–Trinajstić information content (AvgIpc) is 2.76. The van der Waals surface area contributed by atoms with Gasteiger partial charge < -0.3 is 0 Å². The van der Waals surface area contributed by atoms with Crippen molar-refractivity contribution in [1.29, 1.82) is 0 Å². The Morgan fingerprint density at radius 2 is 2.45 bits per heavy atom. The lowest BCUT2D eigenvalue weighted by Crippen LogP contribution is -2.00. The van der Waals surface area contributed by atoms with Crippen molar-refractivity contribution in [3.8, 4) is 0 Å². The van der Waals surface area contributed by atoms with E-state index in [2.05, 4.69) is 21.0 Å². The first-order valence-corrected chi connectivity index (χ1v) is 4.39. The molecule has 0 unspecified atom stereocenters. The summed E-state index contributed by atoms with van der Waals surface area (Å²) in [5, 5.41) is 3.89. The quantitative estimate of drug-likeness (QED) is 0.746. The lowest BCUT2D eigenvalue weighted by atomic mass is 10.3. The van der Waals surface area contributed by atoms with Gasteiger partial charge >= 0.3 is 0 Å². The Balaban J connectivity index is 2.38. The lowest BCUT2D eigenvalue weighted by Gasteiger charge is -1.99. The van der Waals surface area contributed by atoms with Crippen LogP contribution in [0.2, 0.25) is 0 Å². The van der Waals surface area contributed by atoms with Gasteiger partial charge in [0.15, 0.2) is 6.80 Å². The standard InChI is InChI=1S/C7H8BrFN2/c8-6-3-10-11(4-9)7(6)5-1-2-5/h3,5H,1-2,4H2. The second-order valence-electron chi connectivity index (χ2n) is 2.77. The molecule has 2 rings (SSSR count). The van der Waals surface area contributed by atoms with Gasteiger partial charge in [-0.15, -0.1) is 0 Å². The smallest absolute Gasteiger partial charge is 0.181 e. The molecule has 0 atom stereocenters. The zero-order chi connectivity index (χ0) is 7.84. The highest BCUT2D eigenvalue weighted by Crippen LogP contribution is 2.43. The number of hydrogen-bond acceptors (Lipinski definition) is 1. The molecule has 11 heavy (non-hydrogen) atoms. The molecule has 60 valence electrons. The van der Waals surface area contributed by atoms with E-state index in [1.165, 1.54) is 17.5 Å². The monoisotopic (exact) mass is 218 g/mol. The fraction of sp³-hybridized carbons (Fsp3) is 0.571. The first-order valence-electron chi connectivity index (χ1n) is 3.60. The number of nitrogens with zero attached hydrogens (tertiary/aromatic N) is 2. The summed E-state index contributed by atoms with van der Waals surface area (Å²) in [6.45, 7) is -0.516. The summed E-state index contributed by atoms with van der Waals surface area (Å²) in [6.07, 6.45) is 4.00. The van der Waals surface area contributed by atoms with Crippen molar-refractivity contribution in [2.75, 3.05) is 0 Å². The van der Waals surface area contributed by atoms with Gasteiger partial charge in [-0.3, -0.25) is 0 Å². The predicted molar refractivity (Wildman–Crippen MR) is 43.0 cm³/mol. The van der Waals surface area contributed by atoms with Crippen molar-refractivity contribution < 1.29 is 4.39 Å². The maximum absolute atomic E-state index is 12.3. The lowest BCUT2D eigenvalue weighted by molar-refractivity contribution is 0.341. The molecular weight excluding hydrogens is 211 g/mol. The predicted octanol–water partition coefficient (Wildman–Crippen LogP) is 2.45. The normalized spacial score (nSPS) is 17.3. The number of rotatable bonds is 2. The summed E-state index contributed by atoms with van der Waals surface area (Å²) < 4.78 is 14.6. The second-order valence-corrected chi connectivity index (χ2v) is 3.63. The van der Waals surface area contributed by atoms with Gasteiger partial charge in [0, 0.05) is 5.92 Å². The summed E-state index contributed by atoms with van der Waals surface area (Å²) in [7, 11) is 0. The minimum Gasteiger partial charge on any atom is -0.237 e. The van der Waals surface area contributed by atoms with Crippen LogP contribution in [0.25, 0.3) is 0 Å². The Hall–Kier alpha value is -0.380. The molecule has 0 saturated heterocycles. The van der Waals surface area contributed by atoms with Gasteiger partial charge in [0.1, 0.15) is 0 Å². The van der Waals surface area contributed by atoms with Crippen LogP contribution >= 0.6 is 15.9 Å². The molecule has 1 aromatic heterocycles. The van der Waals surface area contributed by atoms with Gasteiger partial charge in [0.05, 0.1) is 16.4 Å². The second kappa shape index (κ2) is 2.59. The van der Waals surface area contributed by atoms with Crippen molar-refractivity contribution in [1.82, 2.24) is 9.78 Å². The van der Waals surface area contributed by atoms with Gasteiger partial charge in [-0.25, -0.2) is 9.07 Å². The van der Waals surface area contributed by atoms with E-state index in [1.807, 2.05) is 0 Å². The molecule has 0 aliphatic heterocycles. The van der Waals surface area contributed by atoms with Gasteiger partial charge in [-0.1, -0.05) is 0 Å². The molecule has 2 nitrogen and oxygen atoms in total. The van der Waals surface area contributed by atoms with Crippen LogP contribution < -0.4 is 0 Å². The third kappa shape index (κ3) is 1.20. The van der Waals surface area contributed by atoms with Crippen molar-refractivity contribution in [3.63, 3.8) is 0 Å². The van der Waals surface area contributed by atoms with Crippen molar-refractivity contribution in [2.24, 2.45) is 0 Å². The van der Waals surface area contributed by atoms with Crippen LogP contribution in [0.4, 0.5) is 4.39 Å². The third-order valence-corrected chi connectivity index (χ3v) is 2.52. The molecule has 0 amide bonds. The number of alkyl halides is 1. The maximum Gasteiger partial charge on any atom is 0.181 e. The first kappa shape index (κ1) is 7.28. The summed E-state index contributed by atoms with van der Waals surface area (Å²) in [5.74, 6) is 0.544. The number of hydrogen-bond donors (Lipinski definition) is 0. The van der Waals surface area contributed by atoms with Crippen LogP contribution in [0.15, 0.2) is 10.7 Å². The molecule has 4 heteroatoms. The van der Waals surface area contributed by atoms with Crippen molar-refractivity contribution >= 4 is 15.9 Å². The van der Waals surface area contributed by atoms with Crippen LogP contribution in [0.5, 0.6) is 0 Å². The van der Waals surface area contributed by atoms with Crippen LogP contribution in [0.1, 0.15) is 24.5 Å². The SMILES string of the molecule is FCn1ncc(Br)c1C1CC1. The highest BCUT2D eigenvalue weighted by Gasteiger charge is 2.29. The largest absolute Gasteiger partial charge is 0.237 e.